The number of rotatable bonds is 5. The van der Waals surface area contributed by atoms with E-state index in [4.69, 9.17) is 4.74 Å². The summed E-state index contributed by atoms with van der Waals surface area (Å²) in [5.41, 5.74) is -0.0322. The van der Waals surface area contributed by atoms with Crippen LogP contribution in [0.15, 0.2) is 48.5 Å². The Kier molecular flexibility index (Phi) is 4.93. The van der Waals surface area contributed by atoms with E-state index >= 15 is 0 Å². The van der Waals surface area contributed by atoms with Crippen LogP contribution >= 0.6 is 0 Å². The van der Waals surface area contributed by atoms with Crippen molar-refractivity contribution in [1.29, 1.82) is 0 Å². The molecule has 25 heavy (non-hydrogen) atoms. The van der Waals surface area contributed by atoms with Crippen LogP contribution in [0.3, 0.4) is 0 Å². The molecule has 1 fully saturated rings. The van der Waals surface area contributed by atoms with Gasteiger partial charge in [-0.15, -0.1) is 0 Å². The van der Waals surface area contributed by atoms with Crippen LogP contribution in [0.25, 0.3) is 0 Å². The van der Waals surface area contributed by atoms with Gasteiger partial charge in [-0.2, -0.15) is 0 Å². The number of Topliss-reactive ketones (excluding diaryl/α,β-unsaturated/α-hetero) is 1. The number of halogens is 2. The Morgan fingerprint density at radius 1 is 0.960 bits per heavy atom. The van der Waals surface area contributed by atoms with Crippen molar-refractivity contribution in [2.45, 2.75) is 31.1 Å². The SMILES string of the molecule is O=C(COC(=O)C1(c2cccc(F)c2)CCCC1)c1ccc(F)cc1. The van der Waals surface area contributed by atoms with Crippen LogP contribution in [-0.4, -0.2) is 18.4 Å². The first kappa shape index (κ1) is 17.3. The minimum Gasteiger partial charge on any atom is -0.457 e. The van der Waals surface area contributed by atoms with Crippen molar-refractivity contribution >= 4 is 11.8 Å². The molecule has 130 valence electrons. The van der Waals surface area contributed by atoms with Crippen LogP contribution in [-0.2, 0) is 14.9 Å². The molecule has 0 radical (unpaired) electrons. The Balaban J connectivity index is 1.74. The van der Waals surface area contributed by atoms with E-state index in [0.29, 0.717) is 18.4 Å². The monoisotopic (exact) mass is 344 g/mol. The smallest absolute Gasteiger partial charge is 0.317 e. The van der Waals surface area contributed by atoms with E-state index in [-0.39, 0.29) is 5.56 Å². The Bertz CT molecular complexity index is 778. The van der Waals surface area contributed by atoms with Crippen molar-refractivity contribution in [2.75, 3.05) is 6.61 Å². The van der Waals surface area contributed by atoms with Crippen molar-refractivity contribution < 1.29 is 23.1 Å². The molecule has 0 N–H and O–H groups in total. The fourth-order valence-electron chi connectivity index (χ4n) is 3.36. The Morgan fingerprint density at radius 3 is 2.28 bits per heavy atom. The lowest BCUT2D eigenvalue weighted by atomic mass is 9.79. The predicted octanol–water partition coefficient (Wildman–Crippen LogP) is 4.20. The number of benzene rings is 2. The fourth-order valence-corrected chi connectivity index (χ4v) is 3.36. The first-order valence-electron chi connectivity index (χ1n) is 8.23. The third kappa shape index (κ3) is 3.60. The number of ether oxygens (including phenoxy) is 1. The molecule has 0 unspecified atom stereocenters. The van der Waals surface area contributed by atoms with Gasteiger partial charge in [0.2, 0.25) is 0 Å². The second-order valence-electron chi connectivity index (χ2n) is 6.31. The number of ketones is 1. The topological polar surface area (TPSA) is 43.4 Å². The van der Waals surface area contributed by atoms with Crippen molar-refractivity contribution in [1.82, 2.24) is 0 Å². The summed E-state index contributed by atoms with van der Waals surface area (Å²) in [5.74, 6) is -1.75. The first-order valence-corrected chi connectivity index (χ1v) is 8.23. The average Bonchev–Trinajstić information content (AvgIpc) is 3.11. The van der Waals surface area contributed by atoms with Gasteiger partial charge in [0.1, 0.15) is 11.6 Å². The van der Waals surface area contributed by atoms with Crippen molar-refractivity contribution in [3.8, 4) is 0 Å². The number of hydrogen-bond acceptors (Lipinski definition) is 3. The summed E-state index contributed by atoms with van der Waals surface area (Å²) in [5, 5.41) is 0. The van der Waals surface area contributed by atoms with Gasteiger partial charge in [0.25, 0.3) is 0 Å². The third-order valence-corrected chi connectivity index (χ3v) is 4.73. The second kappa shape index (κ2) is 7.13. The van der Waals surface area contributed by atoms with E-state index in [1.807, 2.05) is 0 Å². The van der Waals surface area contributed by atoms with Gasteiger partial charge in [0.15, 0.2) is 12.4 Å². The molecule has 0 bridgehead atoms. The molecule has 2 aromatic carbocycles. The third-order valence-electron chi connectivity index (χ3n) is 4.73. The van der Waals surface area contributed by atoms with Gasteiger partial charge in [-0.25, -0.2) is 8.78 Å². The molecular weight excluding hydrogens is 326 g/mol. The summed E-state index contributed by atoms with van der Waals surface area (Å²) in [4.78, 5) is 24.8. The van der Waals surface area contributed by atoms with Gasteiger partial charge in [0.05, 0.1) is 5.41 Å². The molecule has 0 aliphatic heterocycles. The van der Waals surface area contributed by atoms with E-state index in [1.54, 1.807) is 12.1 Å². The molecule has 1 aliphatic carbocycles. The van der Waals surface area contributed by atoms with E-state index in [9.17, 15) is 18.4 Å². The quantitative estimate of drug-likeness (QED) is 0.603. The van der Waals surface area contributed by atoms with Gasteiger partial charge >= 0.3 is 5.97 Å². The molecule has 3 rings (SSSR count). The van der Waals surface area contributed by atoms with Crippen molar-refractivity contribution in [2.24, 2.45) is 0 Å². The molecule has 2 aromatic rings. The van der Waals surface area contributed by atoms with Gasteiger partial charge in [-0.1, -0.05) is 25.0 Å². The highest BCUT2D eigenvalue weighted by atomic mass is 19.1. The summed E-state index contributed by atoms with van der Waals surface area (Å²) >= 11 is 0. The maximum atomic E-state index is 13.6. The van der Waals surface area contributed by atoms with Gasteiger partial charge in [0, 0.05) is 5.56 Å². The highest BCUT2D eigenvalue weighted by Gasteiger charge is 2.44. The summed E-state index contributed by atoms with van der Waals surface area (Å²) in [7, 11) is 0. The fraction of sp³-hybridized carbons (Fsp3) is 0.300. The molecule has 5 heteroatoms. The molecule has 0 amide bonds. The first-order chi connectivity index (χ1) is 12.0. The maximum absolute atomic E-state index is 13.6. The lowest BCUT2D eigenvalue weighted by Gasteiger charge is -2.27. The van der Waals surface area contributed by atoms with E-state index in [1.165, 1.54) is 36.4 Å². The van der Waals surface area contributed by atoms with E-state index < -0.39 is 35.4 Å². The largest absolute Gasteiger partial charge is 0.457 e. The molecule has 0 atom stereocenters. The standard InChI is InChI=1S/C20H18F2O3/c21-16-8-6-14(7-9-16)18(23)13-25-19(24)20(10-1-2-11-20)15-4-3-5-17(22)12-15/h3-9,12H,1-2,10-11,13H2. The lowest BCUT2D eigenvalue weighted by Crippen LogP contribution is -2.36. The minimum atomic E-state index is -0.898. The minimum absolute atomic E-state index is 0.278. The molecular formula is C20H18F2O3. The highest BCUT2D eigenvalue weighted by Crippen LogP contribution is 2.42. The zero-order chi connectivity index (χ0) is 17.9. The summed E-state index contributed by atoms with van der Waals surface area (Å²) in [6.07, 6.45) is 2.83. The summed E-state index contributed by atoms with van der Waals surface area (Å²) < 4.78 is 31.8. The Hall–Kier alpha value is -2.56. The molecule has 3 nitrogen and oxygen atoms in total. The molecule has 0 saturated heterocycles. The van der Waals surface area contributed by atoms with E-state index in [2.05, 4.69) is 0 Å². The number of carbonyl (C=O) groups is 2. The van der Waals surface area contributed by atoms with Gasteiger partial charge in [-0.05, 0) is 54.8 Å². The van der Waals surface area contributed by atoms with Crippen LogP contribution in [0, 0.1) is 11.6 Å². The maximum Gasteiger partial charge on any atom is 0.317 e. The van der Waals surface area contributed by atoms with Crippen LogP contribution in [0.2, 0.25) is 0 Å². The predicted molar refractivity (Wildman–Crippen MR) is 88.2 cm³/mol. The molecule has 1 saturated carbocycles. The molecule has 0 spiro atoms. The van der Waals surface area contributed by atoms with Crippen LogP contribution in [0.1, 0.15) is 41.6 Å². The number of esters is 1. The summed E-state index contributed by atoms with van der Waals surface area (Å²) in [6.45, 7) is -0.415. The Morgan fingerprint density at radius 2 is 1.64 bits per heavy atom. The molecule has 0 heterocycles. The zero-order valence-corrected chi connectivity index (χ0v) is 13.6. The van der Waals surface area contributed by atoms with Crippen LogP contribution in [0.4, 0.5) is 8.78 Å². The van der Waals surface area contributed by atoms with Crippen LogP contribution < -0.4 is 0 Å². The van der Waals surface area contributed by atoms with E-state index in [0.717, 1.165) is 12.8 Å². The normalized spacial score (nSPS) is 15.8. The highest BCUT2D eigenvalue weighted by molar-refractivity contribution is 5.98. The molecule has 1 aliphatic rings. The second-order valence-corrected chi connectivity index (χ2v) is 6.31. The van der Waals surface area contributed by atoms with Crippen molar-refractivity contribution in [3.05, 3.63) is 71.3 Å². The summed E-state index contributed by atoms with van der Waals surface area (Å²) in [6, 6.07) is 11.0. The average molecular weight is 344 g/mol. The zero-order valence-electron chi connectivity index (χ0n) is 13.6. The lowest BCUT2D eigenvalue weighted by molar-refractivity contribution is -0.149. The van der Waals surface area contributed by atoms with Crippen LogP contribution in [0.5, 0.6) is 0 Å². The van der Waals surface area contributed by atoms with Gasteiger partial charge < -0.3 is 4.74 Å². The number of hydrogen-bond donors (Lipinski definition) is 0. The van der Waals surface area contributed by atoms with Gasteiger partial charge in [-0.3, -0.25) is 9.59 Å². The van der Waals surface area contributed by atoms with Crippen molar-refractivity contribution in [3.63, 3.8) is 0 Å². The Labute approximate surface area is 144 Å². The number of carbonyl (C=O) groups excluding carboxylic acids is 2. The molecule has 0 aromatic heterocycles.